The third-order valence-electron chi connectivity index (χ3n) is 12.1. The van der Waals surface area contributed by atoms with Crippen LogP contribution < -0.4 is 10.6 Å². The number of esters is 2. The Bertz CT molecular complexity index is 2010. The van der Waals surface area contributed by atoms with Gasteiger partial charge < -0.3 is 35.4 Å². The number of benzene rings is 2. The van der Waals surface area contributed by atoms with E-state index < -0.39 is 58.8 Å². The van der Waals surface area contributed by atoms with Gasteiger partial charge in [-0.1, -0.05) is 57.2 Å². The lowest BCUT2D eigenvalue weighted by Gasteiger charge is -2.48. The molecule has 2 saturated carbocycles. The number of hydrogen-bond acceptors (Lipinski definition) is 10. The predicted octanol–water partition coefficient (Wildman–Crippen LogP) is 5.11. The molecule has 12 nitrogen and oxygen atoms in total. The molecule has 4 aliphatic rings. The fraction of sp³-hybridized carbons (Fsp3) is 0.439. The Morgan fingerprint density at radius 2 is 1.70 bits per heavy atom. The van der Waals surface area contributed by atoms with Gasteiger partial charge in [-0.2, -0.15) is 0 Å². The lowest BCUT2D eigenvalue weighted by Crippen LogP contribution is -2.65. The van der Waals surface area contributed by atoms with Crippen LogP contribution in [-0.4, -0.2) is 69.3 Å². The molecule has 2 fully saturated rings. The molecule has 0 unspecified atom stereocenters. The van der Waals surface area contributed by atoms with Crippen molar-refractivity contribution in [2.24, 2.45) is 34.5 Å². The third kappa shape index (κ3) is 5.88. The minimum Gasteiger partial charge on any atom is -0.506 e. The van der Waals surface area contributed by atoms with Gasteiger partial charge in [0.15, 0.2) is 17.5 Å². The quantitative estimate of drug-likeness (QED) is 0.106. The summed E-state index contributed by atoms with van der Waals surface area (Å²) in [5.41, 5.74) is -3.60. The molecule has 2 aromatic rings. The summed E-state index contributed by atoms with van der Waals surface area (Å²) in [6.07, 6.45) is 2.19. The van der Waals surface area contributed by atoms with Gasteiger partial charge in [-0.3, -0.25) is 19.2 Å². The van der Waals surface area contributed by atoms with Crippen LogP contribution >= 0.6 is 0 Å². The highest BCUT2D eigenvalue weighted by molar-refractivity contribution is 6.14. The first-order valence-corrected chi connectivity index (χ1v) is 17.8. The number of aliphatic hydroxyl groups excluding tert-OH is 1. The van der Waals surface area contributed by atoms with E-state index in [0.29, 0.717) is 17.6 Å². The molecular formula is C41H46N2O10. The molecule has 0 aromatic heterocycles. The van der Waals surface area contributed by atoms with Crippen LogP contribution in [0.3, 0.4) is 0 Å². The molecule has 2 amide bonds. The molecule has 0 saturated heterocycles. The van der Waals surface area contributed by atoms with E-state index in [-0.39, 0.29) is 63.5 Å². The molecular weight excluding hydrogens is 680 g/mol. The number of allylic oxidation sites excluding steroid dienone is 2. The summed E-state index contributed by atoms with van der Waals surface area (Å²) in [7, 11) is 0. The van der Waals surface area contributed by atoms with Crippen molar-refractivity contribution >= 4 is 40.9 Å². The number of Topliss-reactive ketones (excluding diaryl/α,β-unsaturated/α-hetero) is 1. The summed E-state index contributed by atoms with van der Waals surface area (Å²) in [6.45, 7) is 11.8. The average molecular weight is 727 g/mol. The third-order valence-corrected chi connectivity index (χ3v) is 12.1. The highest BCUT2D eigenvalue weighted by Gasteiger charge is 2.76. The number of ether oxygens (including phenoxy) is 2. The largest absolute Gasteiger partial charge is 0.506 e. The molecule has 12 heteroatoms. The van der Waals surface area contributed by atoms with Gasteiger partial charge in [-0.15, -0.1) is 0 Å². The fourth-order valence-corrected chi connectivity index (χ4v) is 9.10. The zero-order valence-electron chi connectivity index (χ0n) is 30.9. The minimum absolute atomic E-state index is 0.0206. The molecule has 2 bridgehead atoms. The predicted molar refractivity (Wildman–Crippen MR) is 195 cm³/mol. The molecule has 4 aliphatic carbocycles. The number of aromatic hydroxyl groups is 1. The topological polar surface area (TPSA) is 189 Å². The number of amides is 2. The number of ketones is 1. The maximum Gasteiger partial charge on any atom is 0.340 e. The van der Waals surface area contributed by atoms with Crippen molar-refractivity contribution in [1.29, 1.82) is 0 Å². The van der Waals surface area contributed by atoms with Gasteiger partial charge in [0.1, 0.15) is 18.5 Å². The Hall–Kier alpha value is -5.07. The van der Waals surface area contributed by atoms with Gasteiger partial charge in [0.2, 0.25) is 0 Å². The van der Waals surface area contributed by atoms with Crippen LogP contribution in [0.1, 0.15) is 75.6 Å². The highest BCUT2D eigenvalue weighted by Crippen LogP contribution is 2.71. The van der Waals surface area contributed by atoms with E-state index in [1.165, 1.54) is 37.3 Å². The van der Waals surface area contributed by atoms with E-state index in [1.807, 2.05) is 6.92 Å². The zero-order chi connectivity index (χ0) is 38.8. The zero-order valence-corrected chi connectivity index (χ0v) is 30.9. The number of carbonyl (C=O) groups is 5. The van der Waals surface area contributed by atoms with E-state index >= 15 is 0 Å². The SMILES string of the molecule is CC=C(C)C(=O)Nc1c(O)cccc1C(=O)Nc1ccccc1C(=O)O[C@H]1C(C)=C[C@]23C(=O)[C@@H](C=C(COC(C)=O)[C@@H](O)[C@]12O)[C@H]1[C@@H](C[C@H]3C)C1(C)C. The first kappa shape index (κ1) is 37.7. The van der Waals surface area contributed by atoms with Crippen molar-refractivity contribution in [3.8, 4) is 5.75 Å². The van der Waals surface area contributed by atoms with Gasteiger partial charge in [-0.05, 0) is 85.8 Å². The van der Waals surface area contributed by atoms with Gasteiger partial charge in [0, 0.05) is 18.4 Å². The molecule has 53 heavy (non-hydrogen) atoms. The maximum absolute atomic E-state index is 14.8. The van der Waals surface area contributed by atoms with Crippen molar-refractivity contribution in [2.45, 2.75) is 72.7 Å². The number of fused-ring (bicyclic) bond motifs is 3. The first-order valence-electron chi connectivity index (χ1n) is 17.8. The normalized spacial score (nSPS) is 31.0. The van der Waals surface area contributed by atoms with Crippen molar-refractivity contribution in [2.75, 3.05) is 17.2 Å². The van der Waals surface area contributed by atoms with Crippen LogP contribution in [-0.2, 0) is 23.9 Å². The lowest BCUT2D eigenvalue weighted by molar-refractivity contribution is -0.191. The van der Waals surface area contributed by atoms with E-state index in [0.717, 1.165) is 0 Å². The molecule has 1 spiro atoms. The van der Waals surface area contributed by atoms with E-state index in [4.69, 9.17) is 9.47 Å². The standard InChI is InChI=1S/C41H46N2O10/c1-8-20(2)36(48)43-32-26(13-11-15-30(32)45)37(49)42-29-14-10-9-12-25(29)38(50)53-35-21(3)18-40-22(4)16-28-31(39(28,6)7)27(34(40)47)17-24(19-52-23(5)44)33(46)41(35,40)51/h8-15,17-18,22,27-28,31,33,35,45-46,51H,16,19H2,1-7H3,(H,42,49)(H,43,48)/t22-,27+,28-,31+,33-,35+,40+,41+/m1/s1. The first-order chi connectivity index (χ1) is 24.9. The van der Waals surface area contributed by atoms with Crippen LogP contribution in [0.5, 0.6) is 5.75 Å². The van der Waals surface area contributed by atoms with Crippen LogP contribution in [0.15, 0.2) is 77.4 Å². The van der Waals surface area contributed by atoms with Crippen LogP contribution in [0.4, 0.5) is 11.4 Å². The number of hydrogen-bond donors (Lipinski definition) is 5. The summed E-state index contributed by atoms with van der Waals surface area (Å²) in [5, 5.41) is 40.8. The second-order valence-corrected chi connectivity index (χ2v) is 15.4. The van der Waals surface area contributed by atoms with Crippen molar-refractivity contribution in [3.05, 3.63) is 88.5 Å². The van der Waals surface area contributed by atoms with Crippen molar-refractivity contribution < 1.29 is 48.8 Å². The number of phenols is 1. The number of aliphatic hydroxyl groups is 2. The lowest BCUT2D eigenvalue weighted by atomic mass is 9.59. The molecule has 0 aliphatic heterocycles. The molecule has 8 atom stereocenters. The summed E-state index contributed by atoms with van der Waals surface area (Å²) < 4.78 is 11.4. The minimum atomic E-state index is -2.37. The molecule has 2 aromatic carbocycles. The van der Waals surface area contributed by atoms with Gasteiger partial charge in [-0.25, -0.2) is 4.79 Å². The maximum atomic E-state index is 14.8. The number of anilines is 2. The molecule has 5 N–H and O–H groups in total. The highest BCUT2D eigenvalue weighted by atomic mass is 16.6. The van der Waals surface area contributed by atoms with Crippen LogP contribution in [0.25, 0.3) is 0 Å². The van der Waals surface area contributed by atoms with Gasteiger partial charge >= 0.3 is 11.9 Å². The van der Waals surface area contributed by atoms with E-state index in [2.05, 4.69) is 24.5 Å². The number of carbonyl (C=O) groups excluding carboxylic acids is 5. The van der Waals surface area contributed by atoms with Crippen LogP contribution in [0, 0.1) is 34.5 Å². The van der Waals surface area contributed by atoms with Crippen molar-refractivity contribution in [3.63, 3.8) is 0 Å². The molecule has 280 valence electrons. The Labute approximate surface area is 307 Å². The van der Waals surface area contributed by atoms with Crippen LogP contribution in [0.2, 0.25) is 0 Å². The Morgan fingerprint density at radius 3 is 2.38 bits per heavy atom. The number of para-hydroxylation sites is 2. The summed E-state index contributed by atoms with van der Waals surface area (Å²) >= 11 is 0. The number of phenolic OH excluding ortho intramolecular Hbond substituents is 1. The van der Waals surface area contributed by atoms with E-state index in [1.54, 1.807) is 51.1 Å². The van der Waals surface area contributed by atoms with Gasteiger partial charge in [0.05, 0.1) is 27.9 Å². The second kappa shape index (κ2) is 13.4. The van der Waals surface area contributed by atoms with Crippen molar-refractivity contribution in [1.82, 2.24) is 0 Å². The smallest absolute Gasteiger partial charge is 0.340 e. The molecule has 0 radical (unpaired) electrons. The van der Waals surface area contributed by atoms with Gasteiger partial charge in [0.25, 0.3) is 11.8 Å². The summed E-state index contributed by atoms with van der Waals surface area (Å²) in [6, 6.07) is 10.2. The Kier molecular flexibility index (Phi) is 9.53. The summed E-state index contributed by atoms with van der Waals surface area (Å²) in [4.78, 5) is 67.2. The summed E-state index contributed by atoms with van der Waals surface area (Å²) in [5.74, 6) is -4.53. The molecule has 6 rings (SSSR count). The second-order valence-electron chi connectivity index (χ2n) is 15.4. The van der Waals surface area contributed by atoms with E-state index in [9.17, 15) is 39.3 Å². The Balaban J connectivity index is 1.34. The molecule has 0 heterocycles. The Morgan fingerprint density at radius 1 is 1.02 bits per heavy atom. The monoisotopic (exact) mass is 726 g/mol. The number of rotatable bonds is 8. The fourth-order valence-electron chi connectivity index (χ4n) is 9.10. The average Bonchev–Trinajstić information content (AvgIpc) is 3.60. The number of nitrogens with one attached hydrogen (secondary N) is 2.